The maximum absolute atomic E-state index is 12.5. The predicted molar refractivity (Wildman–Crippen MR) is 94.3 cm³/mol. The van der Waals surface area contributed by atoms with Crippen LogP contribution in [0.2, 0.25) is 5.02 Å². The fourth-order valence-corrected chi connectivity index (χ4v) is 2.95. The lowest BCUT2D eigenvalue weighted by Gasteiger charge is -2.29. The third kappa shape index (κ3) is 5.08. The smallest absolute Gasteiger partial charge is 0.333 e. The van der Waals surface area contributed by atoms with Gasteiger partial charge in [-0.15, -0.1) is 5.76 Å². The Balaban J connectivity index is 3.69. The monoisotopic (exact) mass is 381 g/mol. The number of esters is 2. The van der Waals surface area contributed by atoms with Gasteiger partial charge in [0.2, 0.25) is 0 Å². The molecule has 1 rings (SSSR count). The fourth-order valence-electron chi connectivity index (χ4n) is 2.70. The first-order valence-electron chi connectivity index (χ1n) is 8.22. The summed E-state index contributed by atoms with van der Waals surface area (Å²) in [7, 11) is 0. The van der Waals surface area contributed by atoms with Crippen LogP contribution >= 0.6 is 11.6 Å². The van der Waals surface area contributed by atoms with Gasteiger partial charge in [0.15, 0.2) is 0 Å². The zero-order chi connectivity index (χ0) is 19.9. The van der Waals surface area contributed by atoms with Crippen molar-refractivity contribution in [1.82, 2.24) is 0 Å². The molecule has 0 fully saturated rings. The predicted octanol–water partition coefficient (Wildman–Crippen LogP) is 2.39. The summed E-state index contributed by atoms with van der Waals surface area (Å²) in [5, 5.41) is 12.5. The van der Waals surface area contributed by atoms with Crippen molar-refractivity contribution in [2.75, 3.05) is 13.2 Å². The Morgan fingerprint density at radius 2 is 1.65 bits per heavy atom. The van der Waals surface area contributed by atoms with E-state index in [4.69, 9.17) is 21.1 Å². The molecule has 2 atom stereocenters. The molecular formula is C19H22ClO6-. The van der Waals surface area contributed by atoms with Crippen molar-refractivity contribution in [3.63, 3.8) is 0 Å². The molecule has 1 aromatic rings. The van der Waals surface area contributed by atoms with Gasteiger partial charge < -0.3 is 14.6 Å². The van der Waals surface area contributed by atoms with Crippen LogP contribution in [-0.2, 0) is 23.9 Å². The second-order valence-electron chi connectivity index (χ2n) is 5.53. The highest BCUT2D eigenvalue weighted by molar-refractivity contribution is 6.31. The quantitative estimate of drug-likeness (QED) is 0.297. The zero-order valence-electron chi connectivity index (χ0n) is 15.2. The number of carbonyl (C=O) groups is 3. The van der Waals surface area contributed by atoms with Crippen molar-refractivity contribution in [3.8, 4) is 0 Å². The second kappa shape index (κ2) is 9.97. The normalized spacial score (nSPS) is 14.0. The van der Waals surface area contributed by atoms with Crippen molar-refractivity contribution < 1.29 is 29.0 Å². The van der Waals surface area contributed by atoms with E-state index in [0.717, 1.165) is 0 Å². The lowest BCUT2D eigenvalue weighted by Crippen LogP contribution is -2.35. The van der Waals surface area contributed by atoms with Crippen LogP contribution in [0.25, 0.3) is 0 Å². The molecule has 0 aliphatic heterocycles. The number of hydrogen-bond acceptors (Lipinski definition) is 6. The lowest BCUT2D eigenvalue weighted by molar-refractivity contribution is -0.303. The van der Waals surface area contributed by atoms with Crippen LogP contribution in [0, 0.1) is 5.92 Å². The van der Waals surface area contributed by atoms with Crippen molar-refractivity contribution in [2.45, 2.75) is 33.6 Å². The topological polar surface area (TPSA) is 92.7 Å². The molecule has 0 heterocycles. The minimum atomic E-state index is -1.39. The van der Waals surface area contributed by atoms with Crippen molar-refractivity contribution >= 4 is 29.3 Å². The van der Waals surface area contributed by atoms with Gasteiger partial charge >= 0.3 is 11.9 Å². The van der Waals surface area contributed by atoms with E-state index in [9.17, 15) is 19.5 Å². The summed E-state index contributed by atoms with van der Waals surface area (Å²) in [6.45, 7) is 5.66. The van der Waals surface area contributed by atoms with Gasteiger partial charge in [-0.25, -0.2) is 4.79 Å². The van der Waals surface area contributed by atoms with E-state index in [1.807, 2.05) is 0 Å². The summed E-state index contributed by atoms with van der Waals surface area (Å²) in [6, 6.07) is 6.41. The highest BCUT2D eigenvalue weighted by atomic mass is 35.5. The number of halogens is 1. The van der Waals surface area contributed by atoms with Gasteiger partial charge in [-0.1, -0.05) is 36.7 Å². The number of hydrogen-bond donors (Lipinski definition) is 0. The van der Waals surface area contributed by atoms with Gasteiger partial charge in [-0.2, -0.15) is 0 Å². The molecule has 26 heavy (non-hydrogen) atoms. The zero-order valence-corrected chi connectivity index (χ0v) is 16.0. The summed E-state index contributed by atoms with van der Waals surface area (Å²) < 4.78 is 9.97. The van der Waals surface area contributed by atoms with Crippen LogP contribution < -0.4 is 5.11 Å². The van der Waals surface area contributed by atoms with Gasteiger partial charge in [0.25, 0.3) is 0 Å². The first kappa shape index (κ1) is 21.7. The van der Waals surface area contributed by atoms with Crippen molar-refractivity contribution in [1.29, 1.82) is 0 Å². The van der Waals surface area contributed by atoms with Gasteiger partial charge in [-0.3, -0.25) is 9.59 Å². The molecule has 0 bridgehead atoms. The van der Waals surface area contributed by atoms with Crippen LogP contribution in [0.3, 0.4) is 0 Å². The SMILES string of the molecule is CCOC(=O)/C(=C(\C)[O-])C(c1ccccc1Cl)C(C(C)=O)C(=O)OCC. The maximum atomic E-state index is 12.5. The Bertz CT molecular complexity index is 706. The number of benzene rings is 1. The van der Waals surface area contributed by atoms with E-state index in [1.54, 1.807) is 38.1 Å². The minimum Gasteiger partial charge on any atom is -0.875 e. The molecule has 0 aromatic heterocycles. The first-order valence-corrected chi connectivity index (χ1v) is 8.60. The third-order valence-corrected chi connectivity index (χ3v) is 4.08. The number of ether oxygens (including phenoxy) is 2. The molecule has 2 unspecified atom stereocenters. The van der Waals surface area contributed by atoms with E-state index < -0.39 is 35.3 Å². The summed E-state index contributed by atoms with van der Waals surface area (Å²) in [4.78, 5) is 37.2. The number of rotatable bonds is 8. The molecule has 0 aliphatic rings. The van der Waals surface area contributed by atoms with Crippen LogP contribution in [0.5, 0.6) is 0 Å². The molecule has 7 heteroatoms. The summed E-state index contributed by atoms with van der Waals surface area (Å²) >= 11 is 6.24. The van der Waals surface area contributed by atoms with Crippen LogP contribution in [0.1, 0.15) is 39.2 Å². The number of carbonyl (C=O) groups excluding carboxylic acids is 3. The molecule has 0 radical (unpaired) electrons. The number of Topliss-reactive ketones (excluding diaryl/α,β-unsaturated/α-hetero) is 1. The third-order valence-electron chi connectivity index (χ3n) is 3.74. The number of ketones is 1. The van der Waals surface area contributed by atoms with E-state index in [2.05, 4.69) is 0 Å². The minimum absolute atomic E-state index is 0.0367. The average Bonchev–Trinajstić information content (AvgIpc) is 2.54. The summed E-state index contributed by atoms with van der Waals surface area (Å²) in [5.41, 5.74) is -0.00567. The maximum Gasteiger partial charge on any atom is 0.333 e. The van der Waals surface area contributed by atoms with Crippen molar-refractivity contribution in [3.05, 3.63) is 46.2 Å². The molecule has 0 spiro atoms. The van der Waals surface area contributed by atoms with E-state index in [1.165, 1.54) is 13.8 Å². The van der Waals surface area contributed by atoms with Crippen molar-refractivity contribution in [2.24, 2.45) is 5.92 Å². The lowest BCUT2D eigenvalue weighted by atomic mass is 9.77. The van der Waals surface area contributed by atoms with Gasteiger partial charge in [-0.05, 0) is 32.4 Å². The van der Waals surface area contributed by atoms with Crippen LogP contribution in [0.15, 0.2) is 35.6 Å². The Hall–Kier alpha value is -2.34. The summed E-state index contributed by atoms with van der Waals surface area (Å²) in [6.07, 6.45) is 0. The highest BCUT2D eigenvalue weighted by Gasteiger charge is 2.40. The molecular weight excluding hydrogens is 360 g/mol. The van der Waals surface area contributed by atoms with E-state index in [-0.39, 0.29) is 23.8 Å². The van der Waals surface area contributed by atoms with Crippen LogP contribution in [-0.4, -0.2) is 30.9 Å². The molecule has 142 valence electrons. The van der Waals surface area contributed by atoms with Gasteiger partial charge in [0.05, 0.1) is 13.2 Å². The summed E-state index contributed by atoms with van der Waals surface area (Å²) in [5.74, 6) is -5.45. The molecule has 0 aliphatic carbocycles. The van der Waals surface area contributed by atoms with E-state index in [0.29, 0.717) is 5.56 Å². The Kier molecular flexibility index (Phi) is 8.32. The Labute approximate surface area is 157 Å². The Morgan fingerprint density at radius 3 is 2.12 bits per heavy atom. The van der Waals surface area contributed by atoms with E-state index >= 15 is 0 Å². The fraction of sp³-hybridized carbons (Fsp3) is 0.421. The molecule has 0 saturated carbocycles. The van der Waals surface area contributed by atoms with Gasteiger partial charge in [0.1, 0.15) is 11.7 Å². The standard InChI is InChI=1S/C19H23ClO6/c1-5-25-18(23)15(11(3)21)17(13-9-7-8-10-14(13)20)16(12(4)22)19(24)26-6-2/h7-10,15,17,22H,5-6H2,1-4H3/p-1/b16-12+. The molecule has 1 aromatic carbocycles. The second-order valence-corrected chi connectivity index (χ2v) is 5.94. The highest BCUT2D eigenvalue weighted by Crippen LogP contribution is 2.38. The molecule has 0 amide bonds. The first-order chi connectivity index (χ1) is 12.3. The largest absolute Gasteiger partial charge is 0.875 e. The number of allylic oxidation sites excluding steroid dienone is 1. The molecule has 6 nitrogen and oxygen atoms in total. The Morgan fingerprint density at radius 1 is 1.08 bits per heavy atom. The van der Waals surface area contributed by atoms with Crippen LogP contribution in [0.4, 0.5) is 0 Å². The molecule has 0 saturated heterocycles. The molecule has 0 N–H and O–H groups in total. The van der Waals surface area contributed by atoms with Gasteiger partial charge in [0, 0.05) is 16.5 Å². The average molecular weight is 382 g/mol.